The van der Waals surface area contributed by atoms with Crippen molar-refractivity contribution in [2.45, 2.75) is 32.6 Å². The van der Waals surface area contributed by atoms with Gasteiger partial charge in [-0.3, -0.25) is 14.8 Å². The molecule has 0 bridgehead atoms. The summed E-state index contributed by atoms with van der Waals surface area (Å²) in [6.07, 6.45) is 3.35. The predicted molar refractivity (Wildman–Crippen MR) is 77.0 cm³/mol. The summed E-state index contributed by atoms with van der Waals surface area (Å²) >= 11 is 0. The first-order chi connectivity index (χ1) is 10.1. The lowest BCUT2D eigenvalue weighted by Gasteiger charge is -2.33. The highest BCUT2D eigenvalue weighted by atomic mass is 16.5. The summed E-state index contributed by atoms with van der Waals surface area (Å²) in [4.78, 5) is 26.0. The molecule has 1 saturated heterocycles. The first-order valence-corrected chi connectivity index (χ1v) is 7.45. The van der Waals surface area contributed by atoms with Gasteiger partial charge in [0.1, 0.15) is 0 Å². The molecule has 1 aromatic carbocycles. The number of fused-ring (bicyclic) bond motifs is 1. The third-order valence-electron chi connectivity index (χ3n) is 4.95. The van der Waals surface area contributed by atoms with E-state index in [1.165, 1.54) is 0 Å². The molecule has 5 heteroatoms. The van der Waals surface area contributed by atoms with Crippen LogP contribution in [0.5, 0.6) is 0 Å². The van der Waals surface area contributed by atoms with Crippen LogP contribution in [0.4, 0.5) is 0 Å². The third-order valence-corrected chi connectivity index (χ3v) is 4.95. The second-order valence-corrected chi connectivity index (χ2v) is 6.02. The molecule has 0 aromatic heterocycles. The van der Waals surface area contributed by atoms with Gasteiger partial charge < -0.3 is 4.90 Å². The number of likely N-dealkylation sites (tertiary alicyclic amines) is 1. The standard InChI is InChI=1S/C16H20N2O3/c1-2-18-8-7-16(15(18)20)6-5-11-9-12(14(19)17-21)3-4-13(11)10-16/h3-4,9,21H,2,5-8,10H2,1H3,(H,17,19)/t16-/m1/s1. The van der Waals surface area contributed by atoms with Crippen LogP contribution in [-0.2, 0) is 17.6 Å². The van der Waals surface area contributed by atoms with Crippen LogP contribution in [0.3, 0.4) is 0 Å². The maximum absolute atomic E-state index is 12.6. The number of hydrogen-bond donors (Lipinski definition) is 2. The molecule has 0 unspecified atom stereocenters. The molecular formula is C16H20N2O3. The second-order valence-electron chi connectivity index (χ2n) is 6.02. The van der Waals surface area contributed by atoms with Gasteiger partial charge in [-0.1, -0.05) is 6.07 Å². The molecule has 5 nitrogen and oxygen atoms in total. The molecule has 2 N–H and O–H groups in total. The van der Waals surface area contributed by atoms with Crippen LogP contribution in [0.15, 0.2) is 18.2 Å². The van der Waals surface area contributed by atoms with Gasteiger partial charge in [-0.25, -0.2) is 5.48 Å². The molecule has 1 atom stereocenters. The molecule has 1 aliphatic heterocycles. The zero-order valence-corrected chi connectivity index (χ0v) is 12.2. The number of aryl methyl sites for hydroxylation is 1. The van der Waals surface area contributed by atoms with Crippen LogP contribution in [0.2, 0.25) is 0 Å². The highest BCUT2D eigenvalue weighted by Crippen LogP contribution is 2.43. The summed E-state index contributed by atoms with van der Waals surface area (Å²) in [7, 11) is 0. The lowest BCUT2D eigenvalue weighted by Crippen LogP contribution is -2.38. The largest absolute Gasteiger partial charge is 0.342 e. The lowest BCUT2D eigenvalue weighted by molar-refractivity contribution is -0.136. The van der Waals surface area contributed by atoms with Crippen LogP contribution < -0.4 is 5.48 Å². The number of benzene rings is 1. The Morgan fingerprint density at radius 3 is 2.86 bits per heavy atom. The summed E-state index contributed by atoms with van der Waals surface area (Å²) in [6.45, 7) is 3.66. The highest BCUT2D eigenvalue weighted by molar-refractivity contribution is 5.93. The van der Waals surface area contributed by atoms with Crippen LogP contribution in [-0.4, -0.2) is 35.0 Å². The number of carbonyl (C=O) groups is 2. The van der Waals surface area contributed by atoms with Crippen LogP contribution >= 0.6 is 0 Å². The van der Waals surface area contributed by atoms with E-state index in [0.29, 0.717) is 5.56 Å². The van der Waals surface area contributed by atoms with Gasteiger partial charge in [-0.05, 0) is 55.9 Å². The number of hydrogen-bond acceptors (Lipinski definition) is 3. The van der Waals surface area contributed by atoms with Gasteiger partial charge in [-0.2, -0.15) is 0 Å². The number of hydroxylamine groups is 1. The topological polar surface area (TPSA) is 69.6 Å². The molecule has 3 rings (SSSR count). The fourth-order valence-corrected chi connectivity index (χ4v) is 3.65. The minimum atomic E-state index is -0.493. The fourth-order valence-electron chi connectivity index (χ4n) is 3.65. The molecule has 1 fully saturated rings. The van der Waals surface area contributed by atoms with E-state index in [2.05, 4.69) is 0 Å². The average Bonchev–Trinajstić information content (AvgIpc) is 2.82. The van der Waals surface area contributed by atoms with Crippen LogP contribution in [0.25, 0.3) is 0 Å². The van der Waals surface area contributed by atoms with Crippen molar-refractivity contribution in [1.29, 1.82) is 0 Å². The van der Waals surface area contributed by atoms with Gasteiger partial charge >= 0.3 is 0 Å². The van der Waals surface area contributed by atoms with Gasteiger partial charge in [-0.15, -0.1) is 0 Å². The quantitative estimate of drug-likeness (QED) is 0.640. The minimum Gasteiger partial charge on any atom is -0.342 e. The fraction of sp³-hybridized carbons (Fsp3) is 0.500. The summed E-state index contributed by atoms with van der Waals surface area (Å²) in [5.41, 5.74) is 4.15. The number of nitrogens with one attached hydrogen (secondary N) is 1. The van der Waals surface area contributed by atoms with Gasteiger partial charge in [0, 0.05) is 18.7 Å². The van der Waals surface area contributed by atoms with Crippen molar-refractivity contribution in [2.24, 2.45) is 5.41 Å². The smallest absolute Gasteiger partial charge is 0.274 e. The molecule has 2 amide bonds. The van der Waals surface area contributed by atoms with Crippen molar-refractivity contribution in [3.8, 4) is 0 Å². The molecule has 1 aromatic rings. The van der Waals surface area contributed by atoms with E-state index < -0.39 is 5.91 Å². The monoisotopic (exact) mass is 288 g/mol. The summed E-state index contributed by atoms with van der Waals surface area (Å²) in [6, 6.07) is 5.45. The van der Waals surface area contributed by atoms with Crippen molar-refractivity contribution >= 4 is 11.8 Å². The molecule has 1 aliphatic carbocycles. The zero-order chi connectivity index (χ0) is 15.0. The lowest BCUT2D eigenvalue weighted by atomic mass is 9.70. The number of nitrogens with zero attached hydrogens (tertiary/aromatic N) is 1. The predicted octanol–water partition coefficient (Wildman–Crippen LogP) is 1.53. The normalized spacial score (nSPS) is 24.3. The van der Waals surface area contributed by atoms with E-state index in [1.54, 1.807) is 11.5 Å². The van der Waals surface area contributed by atoms with Crippen LogP contribution in [0.1, 0.15) is 41.3 Å². The van der Waals surface area contributed by atoms with Crippen molar-refractivity contribution in [3.05, 3.63) is 34.9 Å². The summed E-state index contributed by atoms with van der Waals surface area (Å²) in [5, 5.41) is 8.70. The Bertz CT molecular complexity index is 599. The number of rotatable bonds is 2. The maximum Gasteiger partial charge on any atom is 0.274 e. The van der Waals surface area contributed by atoms with E-state index in [0.717, 1.165) is 49.9 Å². The maximum atomic E-state index is 12.6. The SMILES string of the molecule is CCN1CC[C@@]2(CCc3cc(C(=O)NO)ccc3C2)C1=O. The van der Waals surface area contributed by atoms with Crippen molar-refractivity contribution in [1.82, 2.24) is 10.4 Å². The molecule has 0 saturated carbocycles. The van der Waals surface area contributed by atoms with Gasteiger partial charge in [0.05, 0.1) is 5.41 Å². The molecule has 1 spiro atoms. The molecule has 21 heavy (non-hydrogen) atoms. The average molecular weight is 288 g/mol. The molecule has 1 heterocycles. The zero-order valence-electron chi connectivity index (χ0n) is 12.2. The summed E-state index contributed by atoms with van der Waals surface area (Å²) < 4.78 is 0. The van der Waals surface area contributed by atoms with E-state index in [4.69, 9.17) is 5.21 Å². The van der Waals surface area contributed by atoms with E-state index >= 15 is 0 Å². The third kappa shape index (κ3) is 2.21. The van der Waals surface area contributed by atoms with Crippen molar-refractivity contribution < 1.29 is 14.8 Å². The molecular weight excluding hydrogens is 268 g/mol. The number of amides is 2. The Labute approximate surface area is 123 Å². The molecule has 2 aliphatic rings. The minimum absolute atomic E-state index is 0.232. The van der Waals surface area contributed by atoms with E-state index in [-0.39, 0.29) is 11.3 Å². The van der Waals surface area contributed by atoms with Gasteiger partial charge in [0.15, 0.2) is 0 Å². The Morgan fingerprint density at radius 1 is 1.38 bits per heavy atom. The molecule has 0 radical (unpaired) electrons. The van der Waals surface area contributed by atoms with Crippen LogP contribution in [0, 0.1) is 5.41 Å². The Kier molecular flexibility index (Phi) is 3.45. The highest BCUT2D eigenvalue weighted by Gasteiger charge is 2.47. The Morgan fingerprint density at radius 2 is 2.19 bits per heavy atom. The van der Waals surface area contributed by atoms with Gasteiger partial charge in [0.25, 0.3) is 5.91 Å². The number of carbonyl (C=O) groups excluding carboxylic acids is 2. The molecule has 112 valence electrons. The second kappa shape index (κ2) is 5.15. The van der Waals surface area contributed by atoms with E-state index in [1.807, 2.05) is 24.0 Å². The van der Waals surface area contributed by atoms with Gasteiger partial charge in [0.2, 0.25) is 5.91 Å². The van der Waals surface area contributed by atoms with E-state index in [9.17, 15) is 9.59 Å². The Balaban J connectivity index is 1.87. The van der Waals surface area contributed by atoms with Crippen molar-refractivity contribution in [3.63, 3.8) is 0 Å². The first kappa shape index (κ1) is 14.1. The Hall–Kier alpha value is -1.88. The first-order valence-electron chi connectivity index (χ1n) is 7.45. The van der Waals surface area contributed by atoms with Crippen molar-refractivity contribution in [2.75, 3.05) is 13.1 Å². The summed E-state index contributed by atoms with van der Waals surface area (Å²) in [5.74, 6) is -0.208.